The van der Waals surface area contributed by atoms with Gasteiger partial charge in [0.2, 0.25) is 0 Å². The Balaban J connectivity index is 2.25. The van der Waals surface area contributed by atoms with Crippen LogP contribution in [0.3, 0.4) is 0 Å². The van der Waals surface area contributed by atoms with Crippen LogP contribution in [0.15, 0.2) is 68.6 Å². The lowest BCUT2D eigenvalue weighted by Crippen LogP contribution is -2.00. The van der Waals surface area contributed by atoms with Crippen LogP contribution in [0.1, 0.15) is 0 Å². The minimum absolute atomic E-state index is 0.0192. The molecule has 0 amide bonds. The van der Waals surface area contributed by atoms with Gasteiger partial charge in [-0.1, -0.05) is 6.07 Å². The van der Waals surface area contributed by atoms with Crippen LogP contribution in [0.25, 0.3) is 10.8 Å². The maximum absolute atomic E-state index is 11.6. The summed E-state index contributed by atoms with van der Waals surface area (Å²) in [7, 11) is -7.95. The molecular weight excluding hydrogens is 424 g/mol. The van der Waals surface area contributed by atoms with Crippen molar-refractivity contribution in [2.24, 2.45) is 10.2 Å². The van der Waals surface area contributed by atoms with Crippen molar-refractivity contribution in [2.45, 2.75) is 9.79 Å². The van der Waals surface area contributed by atoms with E-state index in [2.05, 4.69) is 10.2 Å². The molecule has 0 spiro atoms. The van der Waals surface area contributed by atoms with E-state index < -0.39 is 35.8 Å². The van der Waals surface area contributed by atoms with E-state index in [0.717, 1.165) is 18.2 Å². The average Bonchev–Trinajstić information content (AvgIpc) is 2.65. The van der Waals surface area contributed by atoms with Crippen LogP contribution in [-0.4, -0.2) is 38.2 Å². The molecule has 3 aromatic rings. The normalized spacial score (nSPS) is 12.5. The Morgan fingerprint density at radius 2 is 1.52 bits per heavy atom. The summed E-state index contributed by atoms with van der Waals surface area (Å²) in [5, 5.41) is 18.2. The lowest BCUT2D eigenvalue weighted by atomic mass is 10.1. The first kappa shape index (κ1) is 20.7. The molecule has 10 nitrogen and oxygen atoms in total. The molecule has 3 aromatic carbocycles. The second-order valence-electron chi connectivity index (χ2n) is 5.80. The number of aromatic hydroxyl groups is 1. The van der Waals surface area contributed by atoms with Gasteiger partial charge in [0.05, 0.1) is 17.7 Å². The van der Waals surface area contributed by atoms with Crippen molar-refractivity contribution in [1.29, 1.82) is 0 Å². The Kier molecular flexibility index (Phi) is 5.28. The molecule has 3 rings (SSSR count). The van der Waals surface area contributed by atoms with Crippen molar-refractivity contribution in [3.63, 3.8) is 0 Å². The van der Waals surface area contributed by atoms with E-state index in [1.165, 1.54) is 13.2 Å². The summed E-state index contributed by atoms with van der Waals surface area (Å²) in [5.41, 5.74) is 0.0398. The van der Waals surface area contributed by atoms with Gasteiger partial charge in [0.25, 0.3) is 20.2 Å². The van der Waals surface area contributed by atoms with E-state index >= 15 is 0 Å². The molecule has 0 bridgehead atoms. The van der Waals surface area contributed by atoms with E-state index in [0.29, 0.717) is 11.4 Å². The largest absolute Gasteiger partial charge is 0.504 e. The molecule has 0 saturated carbocycles. The Morgan fingerprint density at radius 3 is 2.07 bits per heavy atom. The third-order valence-electron chi connectivity index (χ3n) is 3.94. The Bertz CT molecular complexity index is 1330. The summed E-state index contributed by atoms with van der Waals surface area (Å²) in [4.78, 5) is -1.39. The van der Waals surface area contributed by atoms with Gasteiger partial charge in [-0.15, -0.1) is 5.11 Å². The van der Waals surface area contributed by atoms with Crippen molar-refractivity contribution in [3.8, 4) is 11.5 Å². The predicted octanol–water partition coefficient (Wildman–Crippen LogP) is 3.46. The fourth-order valence-electron chi connectivity index (χ4n) is 2.54. The second kappa shape index (κ2) is 7.40. The smallest absolute Gasteiger partial charge is 0.298 e. The molecule has 0 saturated heterocycles. The lowest BCUT2D eigenvalue weighted by molar-refractivity contribution is 0.415. The number of methoxy groups -OCH3 is 1. The fourth-order valence-corrected chi connectivity index (χ4v) is 3.68. The summed E-state index contributed by atoms with van der Waals surface area (Å²) in [5.74, 6) is -0.291. The molecule has 152 valence electrons. The molecule has 0 unspecified atom stereocenters. The molecule has 29 heavy (non-hydrogen) atoms. The number of fused-ring (bicyclic) bond motifs is 1. The zero-order valence-electron chi connectivity index (χ0n) is 14.7. The highest BCUT2D eigenvalue weighted by atomic mass is 32.2. The number of rotatable bonds is 5. The zero-order valence-corrected chi connectivity index (χ0v) is 16.3. The van der Waals surface area contributed by atoms with E-state index in [1.54, 1.807) is 24.3 Å². The van der Waals surface area contributed by atoms with Crippen LogP contribution in [-0.2, 0) is 20.2 Å². The molecule has 3 N–H and O–H groups in total. The molecule has 0 heterocycles. The number of benzene rings is 3. The summed E-state index contributed by atoms with van der Waals surface area (Å²) in [6.07, 6.45) is 0. The number of phenols is 1. The van der Waals surface area contributed by atoms with Gasteiger partial charge in [-0.3, -0.25) is 9.11 Å². The Hall–Kier alpha value is -3.06. The number of nitrogens with zero attached hydrogens (tertiary/aromatic N) is 2. The first-order chi connectivity index (χ1) is 13.5. The topological polar surface area (TPSA) is 163 Å². The fraction of sp³-hybridized carbons (Fsp3) is 0.0588. The summed E-state index contributed by atoms with van der Waals surface area (Å²) in [6.45, 7) is 0. The molecule has 0 aliphatic heterocycles. The van der Waals surface area contributed by atoms with Gasteiger partial charge in [0, 0.05) is 5.39 Å². The Morgan fingerprint density at radius 1 is 0.862 bits per heavy atom. The van der Waals surface area contributed by atoms with Crippen molar-refractivity contribution in [2.75, 3.05) is 7.11 Å². The van der Waals surface area contributed by atoms with Crippen LogP contribution in [0.5, 0.6) is 11.5 Å². The Labute approximate surface area is 165 Å². The number of ether oxygens (including phenoxy) is 1. The molecule has 0 fully saturated rings. The summed E-state index contributed by atoms with van der Waals surface area (Å²) in [6, 6.07) is 10.4. The van der Waals surface area contributed by atoms with E-state index in [9.17, 15) is 31.0 Å². The van der Waals surface area contributed by atoms with Crippen LogP contribution in [0, 0.1) is 0 Å². The monoisotopic (exact) mass is 438 g/mol. The third-order valence-corrected chi connectivity index (χ3v) is 5.65. The number of azo groups is 1. The average molecular weight is 438 g/mol. The van der Waals surface area contributed by atoms with Crippen LogP contribution in [0.4, 0.5) is 11.4 Å². The SMILES string of the molecule is COc1ccc(N=Nc2c(O)c(S(=O)(=O)O)cc3cc(S(=O)(=O)O)ccc23)cc1. The first-order valence-electron chi connectivity index (χ1n) is 7.81. The van der Waals surface area contributed by atoms with Crippen molar-refractivity contribution in [3.05, 3.63) is 48.5 Å². The van der Waals surface area contributed by atoms with Crippen LogP contribution < -0.4 is 4.74 Å². The van der Waals surface area contributed by atoms with Gasteiger partial charge in [-0.2, -0.15) is 21.9 Å². The molecular formula is C17H14N2O8S2. The highest BCUT2D eigenvalue weighted by Gasteiger charge is 2.22. The standard InChI is InChI=1S/C17H14N2O8S2/c1-27-12-4-2-11(3-5-12)18-19-16-14-7-6-13(28(21,22)23)8-10(14)9-15(17(16)20)29(24,25)26/h2-9,20H,1H3,(H,21,22,23)(H,24,25,26). The van der Waals surface area contributed by atoms with Gasteiger partial charge in [-0.25, -0.2) is 0 Å². The van der Waals surface area contributed by atoms with Crippen molar-refractivity contribution < 1.29 is 35.8 Å². The van der Waals surface area contributed by atoms with Gasteiger partial charge < -0.3 is 9.84 Å². The van der Waals surface area contributed by atoms with Gasteiger partial charge >= 0.3 is 0 Å². The maximum Gasteiger partial charge on any atom is 0.298 e. The first-order valence-corrected chi connectivity index (χ1v) is 10.7. The third kappa shape index (κ3) is 4.35. The van der Waals surface area contributed by atoms with Crippen molar-refractivity contribution >= 4 is 42.4 Å². The van der Waals surface area contributed by atoms with Gasteiger partial charge in [0.1, 0.15) is 16.3 Å². The van der Waals surface area contributed by atoms with Crippen molar-refractivity contribution in [1.82, 2.24) is 0 Å². The molecule has 0 atom stereocenters. The number of hydrogen-bond acceptors (Lipinski definition) is 8. The number of hydrogen-bond donors (Lipinski definition) is 3. The molecule has 0 aromatic heterocycles. The van der Waals surface area contributed by atoms with E-state index in [-0.39, 0.29) is 16.5 Å². The molecule has 0 aliphatic rings. The zero-order chi connectivity index (χ0) is 21.4. The molecule has 12 heteroatoms. The lowest BCUT2D eigenvalue weighted by Gasteiger charge is -2.09. The summed E-state index contributed by atoms with van der Waals surface area (Å²) < 4.78 is 69.6. The van der Waals surface area contributed by atoms with E-state index in [1.807, 2.05) is 0 Å². The summed E-state index contributed by atoms with van der Waals surface area (Å²) >= 11 is 0. The maximum atomic E-state index is 11.6. The van der Waals surface area contributed by atoms with Gasteiger partial charge in [-0.05, 0) is 47.9 Å². The minimum Gasteiger partial charge on any atom is -0.504 e. The quantitative estimate of drug-likeness (QED) is 0.403. The van der Waals surface area contributed by atoms with Crippen LogP contribution >= 0.6 is 0 Å². The van der Waals surface area contributed by atoms with E-state index in [4.69, 9.17) is 4.74 Å². The molecule has 0 aliphatic carbocycles. The minimum atomic E-state index is -4.87. The predicted molar refractivity (Wildman–Crippen MR) is 102 cm³/mol. The number of phenolic OH excluding ortho intramolecular Hbond substituents is 1. The van der Waals surface area contributed by atoms with Gasteiger partial charge in [0.15, 0.2) is 5.75 Å². The second-order valence-corrected chi connectivity index (χ2v) is 8.61. The molecule has 0 radical (unpaired) electrons. The highest BCUT2D eigenvalue weighted by molar-refractivity contribution is 7.86. The highest BCUT2D eigenvalue weighted by Crippen LogP contribution is 2.41. The van der Waals surface area contributed by atoms with Crippen LogP contribution in [0.2, 0.25) is 0 Å².